The summed E-state index contributed by atoms with van der Waals surface area (Å²) in [4.78, 5) is 0. The molecule has 1 nitrogen and oxygen atoms in total. The summed E-state index contributed by atoms with van der Waals surface area (Å²) in [6, 6.07) is 3.45. The zero-order chi connectivity index (χ0) is 10.9. The Bertz CT molecular complexity index is 336. The second-order valence-corrected chi connectivity index (χ2v) is 4.64. The molecule has 78 valence electrons. The van der Waals surface area contributed by atoms with Crippen LogP contribution in [0.4, 0.5) is 4.39 Å². The molecule has 0 fully saturated rings. The second kappa shape index (κ2) is 4.41. The van der Waals surface area contributed by atoms with Gasteiger partial charge in [-0.2, -0.15) is 0 Å². The number of aliphatic hydroxyl groups excluding tert-OH is 1. The van der Waals surface area contributed by atoms with Gasteiger partial charge < -0.3 is 5.11 Å². The molecular weight excluding hydrogens is 247 g/mol. The molecule has 1 aromatic carbocycles. The van der Waals surface area contributed by atoms with E-state index in [2.05, 4.69) is 15.9 Å². The summed E-state index contributed by atoms with van der Waals surface area (Å²) in [5, 5.41) is 9.81. The maximum Gasteiger partial charge on any atom is 0.133 e. The van der Waals surface area contributed by atoms with Gasteiger partial charge in [0.05, 0.1) is 6.10 Å². The van der Waals surface area contributed by atoms with Gasteiger partial charge in [0.15, 0.2) is 0 Å². The first kappa shape index (κ1) is 11.7. The first-order valence-electron chi connectivity index (χ1n) is 4.57. The summed E-state index contributed by atoms with van der Waals surface area (Å²) in [5.41, 5.74) is 0.919. The van der Waals surface area contributed by atoms with Crippen LogP contribution in [-0.4, -0.2) is 5.11 Å². The number of halogens is 2. The molecular formula is C11H14BrFO. The van der Waals surface area contributed by atoms with Gasteiger partial charge >= 0.3 is 0 Å². The fourth-order valence-corrected chi connectivity index (χ4v) is 1.82. The fraction of sp³-hybridized carbons (Fsp3) is 0.455. The average molecular weight is 261 g/mol. The molecule has 1 N–H and O–H groups in total. The Hall–Kier alpha value is -0.410. The predicted molar refractivity (Wildman–Crippen MR) is 58.6 cm³/mol. The van der Waals surface area contributed by atoms with E-state index >= 15 is 0 Å². The van der Waals surface area contributed by atoms with Crippen molar-refractivity contribution in [2.24, 2.45) is 5.92 Å². The summed E-state index contributed by atoms with van der Waals surface area (Å²) >= 11 is 3.25. The Morgan fingerprint density at radius 2 is 1.93 bits per heavy atom. The number of rotatable bonds is 2. The van der Waals surface area contributed by atoms with Crippen LogP contribution in [0, 0.1) is 18.7 Å². The lowest BCUT2D eigenvalue weighted by Crippen LogP contribution is -2.09. The maximum absolute atomic E-state index is 13.7. The summed E-state index contributed by atoms with van der Waals surface area (Å²) in [6.07, 6.45) is -0.760. The summed E-state index contributed by atoms with van der Waals surface area (Å²) in [5.74, 6) is -0.317. The van der Waals surface area contributed by atoms with E-state index in [1.54, 1.807) is 19.1 Å². The molecule has 0 aliphatic heterocycles. The van der Waals surface area contributed by atoms with E-state index in [4.69, 9.17) is 0 Å². The van der Waals surface area contributed by atoms with Crippen LogP contribution in [0.25, 0.3) is 0 Å². The highest BCUT2D eigenvalue weighted by atomic mass is 79.9. The largest absolute Gasteiger partial charge is 0.388 e. The fourth-order valence-electron chi connectivity index (χ4n) is 1.28. The van der Waals surface area contributed by atoms with Gasteiger partial charge in [0.1, 0.15) is 5.82 Å². The number of aliphatic hydroxyl groups is 1. The van der Waals surface area contributed by atoms with Gasteiger partial charge in [0.2, 0.25) is 0 Å². The zero-order valence-electron chi connectivity index (χ0n) is 8.51. The molecule has 1 atom stereocenters. The van der Waals surface area contributed by atoms with Gasteiger partial charge in [0, 0.05) is 10.0 Å². The van der Waals surface area contributed by atoms with Crippen LogP contribution in [0.2, 0.25) is 0 Å². The molecule has 0 heterocycles. The minimum atomic E-state index is -0.760. The van der Waals surface area contributed by atoms with Crippen molar-refractivity contribution in [2.45, 2.75) is 26.9 Å². The van der Waals surface area contributed by atoms with Crippen LogP contribution in [0.5, 0.6) is 0 Å². The first-order chi connectivity index (χ1) is 6.45. The molecule has 0 radical (unpaired) electrons. The van der Waals surface area contributed by atoms with E-state index in [1.807, 2.05) is 13.8 Å². The lowest BCUT2D eigenvalue weighted by atomic mass is 9.97. The van der Waals surface area contributed by atoms with Crippen molar-refractivity contribution < 1.29 is 9.50 Å². The van der Waals surface area contributed by atoms with Crippen molar-refractivity contribution in [1.82, 2.24) is 0 Å². The van der Waals surface area contributed by atoms with Gasteiger partial charge in [-0.25, -0.2) is 4.39 Å². The third-order valence-electron chi connectivity index (χ3n) is 2.25. The molecule has 1 aromatic rings. The van der Waals surface area contributed by atoms with Gasteiger partial charge in [-0.15, -0.1) is 0 Å². The maximum atomic E-state index is 13.7. The normalized spacial score (nSPS) is 13.4. The molecule has 0 bridgehead atoms. The third kappa shape index (κ3) is 2.15. The molecule has 0 amide bonds. The molecule has 14 heavy (non-hydrogen) atoms. The Morgan fingerprint density at radius 1 is 1.36 bits per heavy atom. The van der Waals surface area contributed by atoms with Gasteiger partial charge in [-0.1, -0.05) is 35.8 Å². The van der Waals surface area contributed by atoms with E-state index in [1.165, 1.54) is 0 Å². The van der Waals surface area contributed by atoms with E-state index in [0.717, 1.165) is 0 Å². The number of hydrogen-bond donors (Lipinski definition) is 1. The van der Waals surface area contributed by atoms with E-state index in [-0.39, 0.29) is 11.7 Å². The number of benzene rings is 1. The van der Waals surface area contributed by atoms with Crippen LogP contribution >= 0.6 is 15.9 Å². The molecule has 1 unspecified atom stereocenters. The van der Waals surface area contributed by atoms with Crippen LogP contribution in [0.1, 0.15) is 31.1 Å². The highest BCUT2D eigenvalue weighted by Crippen LogP contribution is 2.32. The van der Waals surface area contributed by atoms with Crippen molar-refractivity contribution in [2.75, 3.05) is 0 Å². The van der Waals surface area contributed by atoms with Crippen LogP contribution < -0.4 is 0 Å². The molecule has 3 heteroatoms. The molecule has 1 rings (SSSR count). The topological polar surface area (TPSA) is 20.2 Å². The molecule has 0 aliphatic carbocycles. The van der Waals surface area contributed by atoms with Gasteiger partial charge in [0.25, 0.3) is 0 Å². The summed E-state index contributed by atoms with van der Waals surface area (Å²) in [7, 11) is 0. The van der Waals surface area contributed by atoms with Crippen molar-refractivity contribution in [1.29, 1.82) is 0 Å². The standard InChI is InChI=1S/C11H14BrFO/c1-6(2)11(14)9-8(12)5-4-7(3)10(9)13/h4-6,11,14H,1-3H3. The minimum absolute atomic E-state index is 0.00241. The highest BCUT2D eigenvalue weighted by Gasteiger charge is 2.20. The Balaban J connectivity index is 3.25. The molecule has 0 aliphatic rings. The van der Waals surface area contributed by atoms with E-state index in [9.17, 15) is 9.50 Å². The van der Waals surface area contributed by atoms with Crippen molar-refractivity contribution in [3.63, 3.8) is 0 Å². The highest BCUT2D eigenvalue weighted by molar-refractivity contribution is 9.10. The SMILES string of the molecule is Cc1ccc(Br)c(C(O)C(C)C)c1F. The van der Waals surface area contributed by atoms with Crippen LogP contribution in [-0.2, 0) is 0 Å². The zero-order valence-corrected chi connectivity index (χ0v) is 10.1. The molecule has 0 saturated carbocycles. The predicted octanol–water partition coefficient (Wildman–Crippen LogP) is 3.59. The third-order valence-corrected chi connectivity index (χ3v) is 2.94. The van der Waals surface area contributed by atoms with Crippen LogP contribution in [0.3, 0.4) is 0 Å². The Labute approximate surface area is 92.1 Å². The van der Waals surface area contributed by atoms with E-state index < -0.39 is 6.10 Å². The molecule has 0 aromatic heterocycles. The smallest absolute Gasteiger partial charge is 0.133 e. The summed E-state index contributed by atoms with van der Waals surface area (Å²) < 4.78 is 14.3. The van der Waals surface area contributed by atoms with E-state index in [0.29, 0.717) is 15.6 Å². The second-order valence-electron chi connectivity index (χ2n) is 3.78. The molecule has 0 spiro atoms. The monoisotopic (exact) mass is 260 g/mol. The summed E-state index contributed by atoms with van der Waals surface area (Å²) in [6.45, 7) is 5.41. The van der Waals surface area contributed by atoms with Gasteiger partial charge in [-0.3, -0.25) is 0 Å². The quantitative estimate of drug-likeness (QED) is 0.862. The first-order valence-corrected chi connectivity index (χ1v) is 5.37. The van der Waals surface area contributed by atoms with Crippen molar-refractivity contribution in [3.8, 4) is 0 Å². The van der Waals surface area contributed by atoms with Crippen molar-refractivity contribution >= 4 is 15.9 Å². The Kier molecular flexibility index (Phi) is 3.67. The Morgan fingerprint density at radius 3 is 2.43 bits per heavy atom. The molecule has 0 saturated heterocycles. The average Bonchev–Trinajstić information content (AvgIpc) is 2.12. The van der Waals surface area contributed by atoms with Crippen molar-refractivity contribution in [3.05, 3.63) is 33.5 Å². The number of aryl methyl sites for hydroxylation is 1. The lowest BCUT2D eigenvalue weighted by Gasteiger charge is -2.18. The van der Waals surface area contributed by atoms with Gasteiger partial charge in [-0.05, 0) is 24.5 Å². The number of hydrogen-bond acceptors (Lipinski definition) is 1. The van der Waals surface area contributed by atoms with Crippen LogP contribution in [0.15, 0.2) is 16.6 Å². The lowest BCUT2D eigenvalue weighted by molar-refractivity contribution is 0.122. The minimum Gasteiger partial charge on any atom is -0.388 e.